The number of H-pyrrole nitrogens is 1. The number of nitrogens with zero attached hydrogens (tertiary/aromatic N) is 2. The summed E-state index contributed by atoms with van der Waals surface area (Å²) in [6, 6.07) is 9.74. The number of rotatable bonds is 2. The van der Waals surface area contributed by atoms with E-state index >= 15 is 0 Å². The van der Waals surface area contributed by atoms with Crippen LogP contribution in [-0.4, -0.2) is 29.3 Å². The summed E-state index contributed by atoms with van der Waals surface area (Å²) < 4.78 is 20.5. The van der Waals surface area contributed by atoms with Crippen molar-refractivity contribution in [2.24, 2.45) is 5.10 Å². The Balaban J connectivity index is 1.50. The predicted octanol–water partition coefficient (Wildman–Crippen LogP) is 3.40. The highest BCUT2D eigenvalue weighted by molar-refractivity contribution is 5.79. The maximum absolute atomic E-state index is 14.6. The van der Waals surface area contributed by atoms with Crippen molar-refractivity contribution in [3.8, 4) is 5.75 Å². The summed E-state index contributed by atoms with van der Waals surface area (Å²) in [4.78, 5) is 7.87. The highest BCUT2D eigenvalue weighted by Crippen LogP contribution is 2.33. The molecule has 0 saturated heterocycles. The zero-order valence-corrected chi connectivity index (χ0v) is 14.4. The van der Waals surface area contributed by atoms with Crippen LogP contribution in [0.2, 0.25) is 0 Å². The van der Waals surface area contributed by atoms with Crippen molar-refractivity contribution in [1.82, 2.24) is 15.4 Å². The van der Waals surface area contributed by atoms with E-state index in [1.807, 2.05) is 18.3 Å². The van der Waals surface area contributed by atoms with E-state index in [0.717, 1.165) is 23.6 Å². The van der Waals surface area contributed by atoms with E-state index in [4.69, 9.17) is 4.74 Å². The van der Waals surface area contributed by atoms with Crippen LogP contribution in [0, 0.1) is 12.7 Å². The number of aromatic nitrogens is 2. The van der Waals surface area contributed by atoms with Gasteiger partial charge in [-0.1, -0.05) is 17.7 Å². The van der Waals surface area contributed by atoms with Crippen LogP contribution in [0.15, 0.2) is 35.4 Å². The maximum Gasteiger partial charge on any atom is 0.149 e. The van der Waals surface area contributed by atoms with Crippen molar-refractivity contribution in [1.29, 1.82) is 0 Å². The number of halogens is 1. The Labute approximate surface area is 150 Å². The lowest BCUT2D eigenvalue weighted by molar-refractivity contribution is 0.258. The van der Waals surface area contributed by atoms with Crippen LogP contribution >= 0.6 is 0 Å². The molecule has 26 heavy (non-hydrogen) atoms. The van der Waals surface area contributed by atoms with Gasteiger partial charge in [-0.05, 0) is 42.7 Å². The number of hydrazone groups is 1. The third-order valence-electron chi connectivity index (χ3n) is 5.18. The Hall–Kier alpha value is -2.89. The Kier molecular flexibility index (Phi) is 3.45. The van der Waals surface area contributed by atoms with Crippen molar-refractivity contribution in [2.75, 3.05) is 13.2 Å². The molecule has 5 rings (SSSR count). The second kappa shape index (κ2) is 5.83. The van der Waals surface area contributed by atoms with E-state index in [1.54, 1.807) is 6.07 Å². The molecule has 3 heterocycles. The smallest absolute Gasteiger partial charge is 0.149 e. The van der Waals surface area contributed by atoms with Crippen LogP contribution in [0.25, 0.3) is 11.0 Å². The predicted molar refractivity (Wildman–Crippen MR) is 98.4 cm³/mol. The molecule has 6 heteroatoms. The molecule has 0 spiro atoms. The minimum atomic E-state index is -0.274. The molecule has 0 bridgehead atoms. The second-order valence-electron chi connectivity index (χ2n) is 7.09. The highest BCUT2D eigenvalue weighted by Gasteiger charge is 2.25. The lowest BCUT2D eigenvalue weighted by atomic mass is 9.95. The molecular weight excluding hydrogens is 331 g/mol. The molecule has 2 aliphatic heterocycles. The molecule has 1 aromatic heterocycles. The first-order valence-electron chi connectivity index (χ1n) is 8.85. The average Bonchev–Trinajstić information content (AvgIpc) is 3.31. The van der Waals surface area contributed by atoms with E-state index in [9.17, 15) is 4.39 Å². The minimum Gasteiger partial charge on any atom is -0.493 e. The van der Waals surface area contributed by atoms with Gasteiger partial charge in [-0.3, -0.25) is 0 Å². The summed E-state index contributed by atoms with van der Waals surface area (Å²) in [5.74, 6) is 1.62. The number of aromatic amines is 1. The number of hydrogen-bond donors (Lipinski definition) is 2. The average molecular weight is 350 g/mol. The van der Waals surface area contributed by atoms with E-state index in [-0.39, 0.29) is 17.7 Å². The van der Waals surface area contributed by atoms with Crippen LogP contribution < -0.4 is 10.2 Å². The fourth-order valence-corrected chi connectivity index (χ4v) is 3.77. The third-order valence-corrected chi connectivity index (χ3v) is 5.18. The van der Waals surface area contributed by atoms with E-state index in [1.165, 1.54) is 11.1 Å². The molecular formula is C20H19FN4O. The number of fused-ring (bicyclic) bond motifs is 2. The van der Waals surface area contributed by atoms with Gasteiger partial charge in [-0.15, -0.1) is 0 Å². The fraction of sp³-hybridized carbons (Fsp3) is 0.300. The van der Waals surface area contributed by atoms with E-state index in [2.05, 4.69) is 39.6 Å². The molecule has 0 amide bonds. The van der Waals surface area contributed by atoms with Gasteiger partial charge >= 0.3 is 0 Å². The molecule has 0 fully saturated rings. The first-order valence-corrected chi connectivity index (χ1v) is 8.85. The van der Waals surface area contributed by atoms with Crippen molar-refractivity contribution >= 4 is 17.2 Å². The molecule has 5 nitrogen and oxygen atoms in total. The van der Waals surface area contributed by atoms with Gasteiger partial charge in [0.05, 0.1) is 18.0 Å². The topological polar surface area (TPSA) is 62.3 Å². The Morgan fingerprint density at radius 2 is 2.15 bits per heavy atom. The summed E-state index contributed by atoms with van der Waals surface area (Å²) in [6.07, 6.45) is 2.65. The van der Waals surface area contributed by atoms with Gasteiger partial charge in [0.25, 0.3) is 0 Å². The second-order valence-corrected chi connectivity index (χ2v) is 7.09. The quantitative estimate of drug-likeness (QED) is 0.745. The van der Waals surface area contributed by atoms with Gasteiger partial charge in [0.2, 0.25) is 0 Å². The van der Waals surface area contributed by atoms with Crippen molar-refractivity contribution in [3.63, 3.8) is 0 Å². The van der Waals surface area contributed by atoms with Crippen LogP contribution in [0.5, 0.6) is 5.75 Å². The van der Waals surface area contributed by atoms with Gasteiger partial charge in [0.15, 0.2) is 0 Å². The van der Waals surface area contributed by atoms with Crippen molar-refractivity contribution in [3.05, 3.63) is 58.7 Å². The molecule has 2 aliphatic rings. The zero-order chi connectivity index (χ0) is 17.7. The zero-order valence-electron chi connectivity index (χ0n) is 14.4. The Morgan fingerprint density at radius 1 is 1.23 bits per heavy atom. The van der Waals surface area contributed by atoms with Gasteiger partial charge in [-0.2, -0.15) is 5.10 Å². The third kappa shape index (κ3) is 2.53. The lowest BCUT2D eigenvalue weighted by Crippen LogP contribution is -2.20. The molecule has 3 aromatic rings. The number of aryl methyl sites for hydroxylation is 1. The van der Waals surface area contributed by atoms with Crippen LogP contribution in [-0.2, 0) is 6.42 Å². The highest BCUT2D eigenvalue weighted by atomic mass is 19.1. The molecule has 132 valence electrons. The van der Waals surface area contributed by atoms with E-state index < -0.39 is 0 Å². The van der Waals surface area contributed by atoms with Crippen molar-refractivity contribution < 1.29 is 9.13 Å². The first-order chi connectivity index (χ1) is 12.7. The molecule has 0 aliphatic carbocycles. The number of hydrogen-bond acceptors (Lipinski definition) is 4. The Bertz CT molecular complexity index is 1030. The summed E-state index contributed by atoms with van der Waals surface area (Å²) in [5, 5.41) is 4.02. The van der Waals surface area contributed by atoms with Crippen molar-refractivity contribution in [2.45, 2.75) is 25.2 Å². The van der Waals surface area contributed by atoms with Crippen LogP contribution in [0.1, 0.15) is 34.4 Å². The largest absolute Gasteiger partial charge is 0.493 e. The summed E-state index contributed by atoms with van der Waals surface area (Å²) in [5.41, 5.74) is 7.31. The minimum absolute atomic E-state index is 0.0851. The van der Waals surface area contributed by atoms with Crippen LogP contribution in [0.3, 0.4) is 0 Å². The van der Waals surface area contributed by atoms with Gasteiger partial charge < -0.3 is 15.1 Å². The fourth-order valence-electron chi connectivity index (χ4n) is 3.77. The molecule has 2 N–H and O–H groups in total. The maximum atomic E-state index is 14.6. The Morgan fingerprint density at radius 3 is 3.00 bits per heavy atom. The molecule has 2 aromatic carbocycles. The normalized spacial score (nSPS) is 21.5. The number of nitrogens with one attached hydrogen (secondary N) is 2. The van der Waals surface area contributed by atoms with Gasteiger partial charge in [0, 0.05) is 18.7 Å². The number of ether oxygens (including phenoxy) is 1. The number of imidazole rings is 1. The molecule has 2 atom stereocenters. The monoisotopic (exact) mass is 350 g/mol. The number of benzene rings is 2. The summed E-state index contributed by atoms with van der Waals surface area (Å²) in [7, 11) is 0. The molecule has 0 saturated carbocycles. The summed E-state index contributed by atoms with van der Waals surface area (Å²) in [6.45, 7) is 3.31. The van der Waals surface area contributed by atoms with Gasteiger partial charge in [0.1, 0.15) is 22.9 Å². The lowest BCUT2D eigenvalue weighted by Gasteiger charge is -2.24. The standard InChI is InChI=1S/C20H19FN4O/c1-11-2-3-18-13(4-11)5-14(10-26-18)20-24-17-7-12(15-8-22-23-9-15)6-16(21)19(17)25-20/h2-4,6-8,14-15,23H,5,9-10H2,1H3,(H,24,25). The van der Waals surface area contributed by atoms with Gasteiger partial charge in [-0.25, -0.2) is 9.37 Å². The molecule has 2 unspecified atom stereocenters. The summed E-state index contributed by atoms with van der Waals surface area (Å²) >= 11 is 0. The van der Waals surface area contributed by atoms with E-state index in [0.29, 0.717) is 24.2 Å². The van der Waals surface area contributed by atoms with Crippen LogP contribution in [0.4, 0.5) is 4.39 Å². The molecule has 0 radical (unpaired) electrons. The first kappa shape index (κ1) is 15.4. The SMILES string of the molecule is Cc1ccc2c(c1)CC(c1nc3cc(C4C=NNC4)cc(F)c3[nH]1)CO2.